The topological polar surface area (TPSA) is 96.0 Å². The van der Waals surface area contributed by atoms with Gasteiger partial charge in [-0.25, -0.2) is 8.42 Å². The van der Waals surface area contributed by atoms with E-state index in [2.05, 4.69) is 5.32 Å². The van der Waals surface area contributed by atoms with E-state index in [4.69, 9.17) is 4.74 Å². The van der Waals surface area contributed by atoms with E-state index in [1.54, 1.807) is 31.4 Å². The lowest BCUT2D eigenvalue weighted by atomic mass is 10.0. The number of carbonyl (C=O) groups is 2. The number of likely N-dealkylation sites (N-methyl/N-ethyl adjacent to an activating group) is 1. The molecular weight excluding hydrogens is 490 g/mol. The summed E-state index contributed by atoms with van der Waals surface area (Å²) in [5, 5.41) is 2.66. The molecule has 1 atom stereocenters. The average molecular weight is 524 g/mol. The smallest absolute Gasteiger partial charge is 0.242 e. The molecule has 37 heavy (non-hydrogen) atoms. The summed E-state index contributed by atoms with van der Waals surface area (Å²) in [6, 6.07) is 24.8. The minimum Gasteiger partial charge on any atom is -0.497 e. The maximum atomic E-state index is 13.8. The highest BCUT2D eigenvalue weighted by Crippen LogP contribution is 2.19. The second-order valence-electron chi connectivity index (χ2n) is 8.71. The molecule has 3 rings (SSSR count). The SMILES string of the molecule is CNC(=O)[C@H](Cc1ccccc1)N(Cc1ccc(OC)cc1)C(=O)CN(Cc1ccccc1)S(C)(=O)=O. The number of methoxy groups -OCH3 is 1. The van der Waals surface area contributed by atoms with Crippen LogP contribution in [0.2, 0.25) is 0 Å². The third-order valence-electron chi connectivity index (χ3n) is 6.01. The van der Waals surface area contributed by atoms with Gasteiger partial charge < -0.3 is 15.0 Å². The molecule has 0 saturated carbocycles. The molecule has 2 amide bonds. The Morgan fingerprint density at radius 2 is 1.38 bits per heavy atom. The van der Waals surface area contributed by atoms with Crippen molar-refractivity contribution in [2.24, 2.45) is 0 Å². The Hall–Kier alpha value is -3.69. The maximum absolute atomic E-state index is 13.8. The second-order valence-corrected chi connectivity index (χ2v) is 10.7. The lowest BCUT2D eigenvalue weighted by Gasteiger charge is -2.33. The zero-order valence-corrected chi connectivity index (χ0v) is 22.1. The Morgan fingerprint density at radius 1 is 0.838 bits per heavy atom. The van der Waals surface area contributed by atoms with Gasteiger partial charge in [-0.3, -0.25) is 9.59 Å². The van der Waals surface area contributed by atoms with E-state index < -0.39 is 28.5 Å². The molecular formula is C28H33N3O5S. The van der Waals surface area contributed by atoms with Gasteiger partial charge in [-0.15, -0.1) is 0 Å². The first-order valence-electron chi connectivity index (χ1n) is 11.9. The van der Waals surface area contributed by atoms with Crippen LogP contribution in [0.15, 0.2) is 84.9 Å². The van der Waals surface area contributed by atoms with Crippen molar-refractivity contribution in [1.29, 1.82) is 0 Å². The van der Waals surface area contributed by atoms with Gasteiger partial charge in [0.25, 0.3) is 0 Å². The molecule has 0 aliphatic rings. The van der Waals surface area contributed by atoms with Crippen molar-refractivity contribution in [3.63, 3.8) is 0 Å². The molecule has 1 N–H and O–H groups in total. The molecule has 9 heteroatoms. The first-order chi connectivity index (χ1) is 17.7. The van der Waals surface area contributed by atoms with E-state index in [-0.39, 0.29) is 25.4 Å². The van der Waals surface area contributed by atoms with Crippen molar-refractivity contribution in [3.8, 4) is 5.75 Å². The molecule has 0 bridgehead atoms. The number of benzene rings is 3. The Kier molecular flexibility index (Phi) is 9.82. The minimum absolute atomic E-state index is 0.0467. The van der Waals surface area contributed by atoms with Crippen molar-refractivity contribution in [1.82, 2.24) is 14.5 Å². The monoisotopic (exact) mass is 523 g/mol. The van der Waals surface area contributed by atoms with Gasteiger partial charge >= 0.3 is 0 Å². The zero-order chi connectivity index (χ0) is 26.8. The summed E-state index contributed by atoms with van der Waals surface area (Å²) in [4.78, 5) is 28.3. The molecule has 0 aliphatic heterocycles. The molecule has 0 aliphatic carbocycles. The lowest BCUT2D eigenvalue weighted by molar-refractivity contribution is -0.141. The van der Waals surface area contributed by atoms with Crippen LogP contribution in [-0.2, 0) is 39.1 Å². The molecule has 0 spiro atoms. The van der Waals surface area contributed by atoms with Gasteiger partial charge in [0.05, 0.1) is 19.9 Å². The number of sulfonamides is 1. The Balaban J connectivity index is 1.96. The quantitative estimate of drug-likeness (QED) is 0.394. The number of amides is 2. The molecule has 0 aromatic heterocycles. The lowest BCUT2D eigenvalue weighted by Crippen LogP contribution is -2.52. The minimum atomic E-state index is -3.72. The van der Waals surface area contributed by atoms with Crippen molar-refractivity contribution < 1.29 is 22.7 Å². The second kappa shape index (κ2) is 13.0. The van der Waals surface area contributed by atoms with E-state index >= 15 is 0 Å². The standard InChI is InChI=1S/C28H33N3O5S/c1-29-28(33)26(18-22-10-6-4-7-11-22)31(20-24-14-16-25(36-2)17-15-24)27(32)21-30(37(3,34)35)19-23-12-8-5-9-13-23/h4-17,26H,18-21H2,1-3H3,(H,29,33)/t26-/m0/s1. The third kappa shape index (κ3) is 8.16. The van der Waals surface area contributed by atoms with Gasteiger partial charge in [0.1, 0.15) is 11.8 Å². The van der Waals surface area contributed by atoms with Crippen LogP contribution in [0.4, 0.5) is 0 Å². The number of rotatable bonds is 12. The van der Waals surface area contributed by atoms with Gasteiger partial charge in [-0.2, -0.15) is 4.31 Å². The number of hydrogen-bond donors (Lipinski definition) is 1. The van der Waals surface area contributed by atoms with E-state index in [1.165, 1.54) is 11.9 Å². The fourth-order valence-corrected chi connectivity index (χ4v) is 4.70. The molecule has 0 radical (unpaired) electrons. The highest BCUT2D eigenvalue weighted by atomic mass is 32.2. The Morgan fingerprint density at radius 3 is 1.89 bits per heavy atom. The van der Waals surface area contributed by atoms with Crippen LogP contribution >= 0.6 is 0 Å². The maximum Gasteiger partial charge on any atom is 0.242 e. The highest BCUT2D eigenvalue weighted by molar-refractivity contribution is 7.88. The van der Waals surface area contributed by atoms with Crippen molar-refractivity contribution in [2.45, 2.75) is 25.6 Å². The van der Waals surface area contributed by atoms with Crippen LogP contribution in [0.1, 0.15) is 16.7 Å². The predicted octanol–water partition coefficient (Wildman–Crippen LogP) is 2.84. The van der Waals surface area contributed by atoms with Gasteiger partial charge in [-0.05, 0) is 28.8 Å². The Bertz CT molecular complexity index is 1270. The van der Waals surface area contributed by atoms with Crippen LogP contribution in [0, 0.1) is 0 Å². The Labute approximate surface area is 218 Å². The molecule has 8 nitrogen and oxygen atoms in total. The van der Waals surface area contributed by atoms with Gasteiger partial charge in [0.2, 0.25) is 21.8 Å². The molecule has 3 aromatic rings. The average Bonchev–Trinajstić information content (AvgIpc) is 2.90. The molecule has 0 heterocycles. The van der Waals surface area contributed by atoms with Gasteiger partial charge in [0, 0.05) is 26.6 Å². The number of hydrogen-bond acceptors (Lipinski definition) is 5. The van der Waals surface area contributed by atoms with Crippen molar-refractivity contribution in [3.05, 3.63) is 102 Å². The summed E-state index contributed by atoms with van der Waals surface area (Å²) in [5.41, 5.74) is 2.42. The normalized spacial score (nSPS) is 12.1. The number of carbonyl (C=O) groups excluding carboxylic acids is 2. The number of nitrogens with one attached hydrogen (secondary N) is 1. The van der Waals surface area contributed by atoms with Crippen LogP contribution in [0.3, 0.4) is 0 Å². The molecule has 0 saturated heterocycles. The summed E-state index contributed by atoms with van der Waals surface area (Å²) >= 11 is 0. The van der Waals surface area contributed by atoms with Gasteiger partial charge in [-0.1, -0.05) is 72.8 Å². The van der Waals surface area contributed by atoms with Crippen LogP contribution < -0.4 is 10.1 Å². The summed E-state index contributed by atoms with van der Waals surface area (Å²) < 4.78 is 31.6. The van der Waals surface area contributed by atoms with Crippen LogP contribution in [0.25, 0.3) is 0 Å². The largest absolute Gasteiger partial charge is 0.497 e. The number of ether oxygens (including phenoxy) is 1. The molecule has 0 unspecified atom stereocenters. The molecule has 196 valence electrons. The van der Waals surface area contributed by atoms with Gasteiger partial charge in [0.15, 0.2) is 0 Å². The number of nitrogens with zero attached hydrogens (tertiary/aromatic N) is 2. The van der Waals surface area contributed by atoms with Crippen molar-refractivity contribution >= 4 is 21.8 Å². The molecule has 0 fully saturated rings. The first kappa shape index (κ1) is 27.9. The highest BCUT2D eigenvalue weighted by Gasteiger charge is 2.32. The summed E-state index contributed by atoms with van der Waals surface area (Å²) in [7, 11) is -0.625. The third-order valence-corrected chi connectivity index (χ3v) is 7.21. The first-order valence-corrected chi connectivity index (χ1v) is 13.7. The molecule has 3 aromatic carbocycles. The predicted molar refractivity (Wildman–Crippen MR) is 143 cm³/mol. The summed E-state index contributed by atoms with van der Waals surface area (Å²) in [5.74, 6) is -0.138. The fourth-order valence-electron chi connectivity index (χ4n) is 3.97. The zero-order valence-electron chi connectivity index (χ0n) is 21.3. The fraction of sp³-hybridized carbons (Fsp3) is 0.286. The van der Waals surface area contributed by atoms with Crippen LogP contribution in [-0.4, -0.2) is 62.4 Å². The van der Waals surface area contributed by atoms with E-state index in [9.17, 15) is 18.0 Å². The van der Waals surface area contributed by atoms with E-state index in [0.29, 0.717) is 5.75 Å². The van der Waals surface area contributed by atoms with Crippen LogP contribution in [0.5, 0.6) is 5.75 Å². The summed E-state index contributed by atoms with van der Waals surface area (Å²) in [6.07, 6.45) is 1.36. The van der Waals surface area contributed by atoms with E-state index in [1.807, 2.05) is 60.7 Å². The van der Waals surface area contributed by atoms with Crippen molar-refractivity contribution in [2.75, 3.05) is 27.0 Å². The summed E-state index contributed by atoms with van der Waals surface area (Å²) in [6.45, 7) is -0.228. The van der Waals surface area contributed by atoms with E-state index in [0.717, 1.165) is 27.3 Å².